The van der Waals surface area contributed by atoms with Crippen LogP contribution in [0, 0.1) is 13.8 Å². The zero-order chi connectivity index (χ0) is 18.1. The largest absolute Gasteiger partial charge is 0.480 e. The molecule has 1 amide bonds. The van der Waals surface area contributed by atoms with Crippen LogP contribution in [0.1, 0.15) is 21.7 Å². The molecule has 0 spiro atoms. The average Bonchev–Trinajstić information content (AvgIpc) is 3.20. The van der Waals surface area contributed by atoms with Crippen molar-refractivity contribution in [3.05, 3.63) is 47.5 Å². The van der Waals surface area contributed by atoms with Crippen molar-refractivity contribution in [3.8, 4) is 5.82 Å². The van der Waals surface area contributed by atoms with Gasteiger partial charge >= 0.3 is 5.97 Å². The molecule has 9 heteroatoms. The number of nitrogens with one attached hydrogen (secondary N) is 1. The van der Waals surface area contributed by atoms with Gasteiger partial charge in [-0.2, -0.15) is 10.2 Å². The topological polar surface area (TPSA) is 107 Å². The zero-order valence-electron chi connectivity index (χ0n) is 14.1. The Labute approximate surface area is 143 Å². The number of carboxylic acids is 1. The molecule has 0 aliphatic heterocycles. The predicted octanol–water partition coefficient (Wildman–Crippen LogP) is 1.36. The van der Waals surface area contributed by atoms with Crippen LogP contribution < -0.4 is 5.32 Å². The fourth-order valence-electron chi connectivity index (χ4n) is 2.70. The number of carboxylic acid groups (broad SMARTS) is 1. The van der Waals surface area contributed by atoms with Crippen molar-refractivity contribution in [1.29, 1.82) is 0 Å². The van der Waals surface area contributed by atoms with Crippen molar-refractivity contribution in [2.75, 3.05) is 5.32 Å². The molecule has 0 saturated heterocycles. The molecule has 0 unspecified atom stereocenters. The molecular weight excluding hydrogens is 324 g/mol. The summed E-state index contributed by atoms with van der Waals surface area (Å²) < 4.78 is 4.82. The Hall–Kier alpha value is -3.36. The highest BCUT2D eigenvalue weighted by Crippen LogP contribution is 2.20. The van der Waals surface area contributed by atoms with E-state index >= 15 is 0 Å². The number of aryl methyl sites for hydroxylation is 3. The zero-order valence-corrected chi connectivity index (χ0v) is 14.1. The van der Waals surface area contributed by atoms with Gasteiger partial charge < -0.3 is 15.0 Å². The maximum Gasteiger partial charge on any atom is 0.325 e. The van der Waals surface area contributed by atoms with E-state index in [0.29, 0.717) is 11.4 Å². The third kappa shape index (κ3) is 3.16. The summed E-state index contributed by atoms with van der Waals surface area (Å²) in [4.78, 5) is 23.4. The summed E-state index contributed by atoms with van der Waals surface area (Å²) in [5.41, 5.74) is 2.37. The molecule has 3 aromatic heterocycles. The Bertz CT molecular complexity index is 930. The van der Waals surface area contributed by atoms with Gasteiger partial charge in [-0.15, -0.1) is 0 Å². The molecule has 0 aliphatic rings. The van der Waals surface area contributed by atoms with Crippen LogP contribution in [0.3, 0.4) is 0 Å². The van der Waals surface area contributed by atoms with Crippen LogP contribution in [0.4, 0.5) is 5.82 Å². The molecule has 9 nitrogen and oxygen atoms in total. The number of carbonyl (C=O) groups is 2. The Morgan fingerprint density at radius 1 is 1.20 bits per heavy atom. The lowest BCUT2D eigenvalue weighted by Crippen LogP contribution is -2.17. The van der Waals surface area contributed by atoms with E-state index in [1.165, 1.54) is 17.1 Å². The first-order valence-electron chi connectivity index (χ1n) is 7.60. The molecule has 0 aliphatic carbocycles. The molecule has 2 N–H and O–H groups in total. The minimum atomic E-state index is -1.01. The summed E-state index contributed by atoms with van der Waals surface area (Å²) in [5, 5.41) is 19.7. The highest BCUT2D eigenvalue weighted by Gasteiger charge is 2.20. The van der Waals surface area contributed by atoms with E-state index in [1.54, 1.807) is 17.8 Å². The molecule has 3 heterocycles. The minimum absolute atomic E-state index is 0.268. The van der Waals surface area contributed by atoms with Crippen LogP contribution in [0.2, 0.25) is 0 Å². The second-order valence-corrected chi connectivity index (χ2v) is 5.70. The number of rotatable bonds is 5. The van der Waals surface area contributed by atoms with Crippen molar-refractivity contribution < 1.29 is 14.7 Å². The van der Waals surface area contributed by atoms with E-state index in [9.17, 15) is 9.59 Å². The Morgan fingerprint density at radius 3 is 2.52 bits per heavy atom. The normalized spacial score (nSPS) is 10.8. The molecule has 130 valence electrons. The number of carbonyl (C=O) groups excluding carboxylic acids is 1. The van der Waals surface area contributed by atoms with E-state index < -0.39 is 5.97 Å². The van der Waals surface area contributed by atoms with Gasteiger partial charge in [-0.3, -0.25) is 19.0 Å². The molecule has 0 fully saturated rings. The first kappa shape index (κ1) is 16.5. The molecule has 0 atom stereocenters. The number of nitrogens with zero attached hydrogens (tertiary/aromatic N) is 5. The van der Waals surface area contributed by atoms with Crippen molar-refractivity contribution >= 4 is 17.7 Å². The number of amides is 1. The number of anilines is 1. The molecule has 3 aromatic rings. The standard InChI is InChI=1S/C16H18N6O3/c1-10-4-5-11(2)22(10)16-12(8-17-20(16)3)15(25)18-13-6-7-21(19-13)9-14(23)24/h4-8H,9H2,1-3H3,(H,23,24)(H,18,19,25). The number of hydrogen-bond donors (Lipinski definition) is 2. The molecule has 0 aromatic carbocycles. The molecular formula is C16H18N6O3. The average molecular weight is 342 g/mol. The molecule has 0 radical (unpaired) electrons. The van der Waals surface area contributed by atoms with E-state index in [2.05, 4.69) is 15.5 Å². The van der Waals surface area contributed by atoms with Gasteiger partial charge in [-0.25, -0.2) is 0 Å². The lowest BCUT2D eigenvalue weighted by molar-refractivity contribution is -0.137. The Kier molecular flexibility index (Phi) is 4.14. The fraction of sp³-hybridized carbons (Fsp3) is 0.250. The summed E-state index contributed by atoms with van der Waals surface area (Å²) in [6.45, 7) is 3.64. The maximum absolute atomic E-state index is 12.7. The van der Waals surface area contributed by atoms with Gasteiger partial charge in [0, 0.05) is 30.7 Å². The van der Waals surface area contributed by atoms with Crippen LogP contribution in [0.15, 0.2) is 30.6 Å². The monoisotopic (exact) mass is 342 g/mol. The molecule has 0 saturated carbocycles. The quantitative estimate of drug-likeness (QED) is 0.728. The van der Waals surface area contributed by atoms with E-state index in [-0.39, 0.29) is 18.3 Å². The first-order valence-corrected chi connectivity index (χ1v) is 7.60. The lowest BCUT2D eigenvalue weighted by atomic mass is 10.3. The van der Waals surface area contributed by atoms with Crippen LogP contribution in [0.25, 0.3) is 5.82 Å². The third-order valence-electron chi connectivity index (χ3n) is 3.81. The van der Waals surface area contributed by atoms with E-state index in [1.807, 2.05) is 30.5 Å². The number of aliphatic carboxylic acids is 1. The second kappa shape index (κ2) is 6.27. The minimum Gasteiger partial charge on any atom is -0.480 e. The van der Waals surface area contributed by atoms with Crippen LogP contribution in [-0.4, -0.2) is 41.1 Å². The third-order valence-corrected chi connectivity index (χ3v) is 3.81. The Morgan fingerprint density at radius 2 is 1.88 bits per heavy atom. The number of hydrogen-bond acceptors (Lipinski definition) is 4. The fourth-order valence-corrected chi connectivity index (χ4v) is 2.70. The van der Waals surface area contributed by atoms with Gasteiger partial charge in [0.05, 0.1) is 6.20 Å². The molecule has 0 bridgehead atoms. The van der Waals surface area contributed by atoms with Crippen LogP contribution in [0.5, 0.6) is 0 Å². The van der Waals surface area contributed by atoms with Gasteiger partial charge in [0.25, 0.3) is 5.91 Å². The Balaban J connectivity index is 1.89. The maximum atomic E-state index is 12.7. The van der Waals surface area contributed by atoms with Gasteiger partial charge in [0.15, 0.2) is 5.82 Å². The summed E-state index contributed by atoms with van der Waals surface area (Å²) in [5.74, 6) is -0.435. The van der Waals surface area contributed by atoms with Crippen molar-refractivity contribution in [3.63, 3.8) is 0 Å². The summed E-state index contributed by atoms with van der Waals surface area (Å²) in [6, 6.07) is 5.48. The number of aromatic nitrogens is 5. The van der Waals surface area contributed by atoms with Gasteiger partial charge in [0.2, 0.25) is 0 Å². The SMILES string of the molecule is Cc1ccc(C)n1-c1c(C(=O)Nc2ccn(CC(=O)O)n2)cnn1C. The summed E-state index contributed by atoms with van der Waals surface area (Å²) in [6.07, 6.45) is 2.99. The highest BCUT2D eigenvalue weighted by atomic mass is 16.4. The van der Waals surface area contributed by atoms with Crippen molar-refractivity contribution in [1.82, 2.24) is 24.1 Å². The smallest absolute Gasteiger partial charge is 0.325 e. The van der Waals surface area contributed by atoms with Crippen LogP contribution >= 0.6 is 0 Å². The van der Waals surface area contributed by atoms with E-state index in [4.69, 9.17) is 5.11 Å². The van der Waals surface area contributed by atoms with Crippen LogP contribution in [-0.2, 0) is 18.4 Å². The van der Waals surface area contributed by atoms with Gasteiger partial charge in [0.1, 0.15) is 17.9 Å². The summed E-state index contributed by atoms with van der Waals surface area (Å²) >= 11 is 0. The highest BCUT2D eigenvalue weighted by molar-refractivity contribution is 6.05. The molecule has 3 rings (SSSR count). The predicted molar refractivity (Wildman–Crippen MR) is 89.8 cm³/mol. The lowest BCUT2D eigenvalue weighted by Gasteiger charge is -2.12. The van der Waals surface area contributed by atoms with Gasteiger partial charge in [-0.1, -0.05) is 0 Å². The van der Waals surface area contributed by atoms with Crippen molar-refractivity contribution in [2.45, 2.75) is 20.4 Å². The molecule has 25 heavy (non-hydrogen) atoms. The van der Waals surface area contributed by atoms with E-state index in [0.717, 1.165) is 11.4 Å². The summed E-state index contributed by atoms with van der Waals surface area (Å²) in [7, 11) is 1.77. The van der Waals surface area contributed by atoms with Crippen molar-refractivity contribution in [2.24, 2.45) is 7.05 Å². The van der Waals surface area contributed by atoms with Gasteiger partial charge in [-0.05, 0) is 26.0 Å². The first-order chi connectivity index (χ1) is 11.9. The second-order valence-electron chi connectivity index (χ2n) is 5.70.